The molecule has 2 aliphatic carbocycles. The molecule has 0 atom stereocenters. The minimum Gasteiger partial charge on any atom is -1.00 e. The predicted octanol–water partition coefficient (Wildman–Crippen LogP) is 3.51. The van der Waals surface area contributed by atoms with Crippen molar-refractivity contribution in [3.05, 3.63) is 168 Å². The molecule has 4 aromatic rings. The summed E-state index contributed by atoms with van der Waals surface area (Å²) in [6.45, 7) is 4.54. The van der Waals surface area contributed by atoms with Gasteiger partial charge in [0.2, 0.25) is 0 Å². The van der Waals surface area contributed by atoms with E-state index in [0.717, 1.165) is 12.8 Å². The smallest absolute Gasteiger partial charge is 0.0353 e. The summed E-state index contributed by atoms with van der Waals surface area (Å²) in [5, 5.41) is 0. The van der Waals surface area contributed by atoms with Crippen LogP contribution in [-0.2, 0) is 19.2 Å². The Bertz CT molecular complexity index is 1340. The molecule has 0 aliphatic heterocycles. The summed E-state index contributed by atoms with van der Waals surface area (Å²) >= 11 is 2.27. The Morgan fingerprint density at radius 2 is 0.725 bits per heavy atom. The molecule has 0 nitrogen and oxygen atoms in total. The molecule has 0 fully saturated rings. The fourth-order valence-corrected chi connectivity index (χ4v) is 4.21. The van der Waals surface area contributed by atoms with Gasteiger partial charge in [-0.15, -0.1) is 46.5 Å². The van der Waals surface area contributed by atoms with Crippen molar-refractivity contribution in [3.63, 3.8) is 0 Å². The summed E-state index contributed by atoms with van der Waals surface area (Å²) in [6.07, 6.45) is 13.3. The number of allylic oxidation sites excluding steroid dienone is 8. The quantitative estimate of drug-likeness (QED) is 0.245. The van der Waals surface area contributed by atoms with E-state index in [0.29, 0.717) is 0 Å². The predicted molar refractivity (Wildman–Crippen MR) is 162 cm³/mol. The van der Waals surface area contributed by atoms with Crippen LogP contribution >= 0.6 is 0 Å². The van der Waals surface area contributed by atoms with Crippen LogP contribution in [0.2, 0.25) is 13.1 Å². The molecule has 0 unspecified atom stereocenters. The van der Waals surface area contributed by atoms with Gasteiger partial charge in [-0.2, -0.15) is 35.5 Å². The van der Waals surface area contributed by atoms with E-state index in [1.165, 1.54) is 44.5 Å². The van der Waals surface area contributed by atoms with Gasteiger partial charge < -0.3 is 24.8 Å². The van der Waals surface area contributed by atoms with E-state index in [9.17, 15) is 0 Å². The van der Waals surface area contributed by atoms with Crippen molar-refractivity contribution in [1.82, 2.24) is 0 Å². The van der Waals surface area contributed by atoms with Gasteiger partial charge in [0, 0.05) is 0 Å². The van der Waals surface area contributed by atoms with Crippen molar-refractivity contribution in [1.29, 1.82) is 0 Å². The van der Waals surface area contributed by atoms with Crippen LogP contribution in [-0.4, -0.2) is 6.19 Å². The van der Waals surface area contributed by atoms with E-state index in [2.05, 4.69) is 154 Å². The van der Waals surface area contributed by atoms with Crippen LogP contribution in [0, 0.1) is 12.2 Å². The second-order valence-corrected chi connectivity index (χ2v) is 16.0. The topological polar surface area (TPSA) is 0 Å². The van der Waals surface area contributed by atoms with Crippen LogP contribution in [0.5, 0.6) is 0 Å². The molecule has 0 N–H and O–H groups in total. The molecule has 2 aliphatic rings. The van der Waals surface area contributed by atoms with Gasteiger partial charge in [0.15, 0.2) is 0 Å². The molecular formula is C36H32Cl2SiTi-2. The molecule has 0 spiro atoms. The third-order valence-electron chi connectivity index (χ3n) is 6.03. The summed E-state index contributed by atoms with van der Waals surface area (Å²) < 4.78 is 0. The Kier molecular flexibility index (Phi) is 15.0. The maximum Gasteiger partial charge on any atom is -0.0353 e. The fourth-order valence-electron chi connectivity index (χ4n) is 4.21. The number of hydrogen-bond donors (Lipinski definition) is 0. The van der Waals surface area contributed by atoms with Crippen LogP contribution in [0.15, 0.2) is 133 Å². The van der Waals surface area contributed by atoms with Crippen LogP contribution in [0.4, 0.5) is 0 Å². The summed E-state index contributed by atoms with van der Waals surface area (Å²) in [5.41, 5.74) is 10.2. The average Bonchev–Trinajstić information content (AvgIpc) is 3.66. The second-order valence-electron chi connectivity index (χ2n) is 9.34. The molecule has 200 valence electrons. The van der Waals surface area contributed by atoms with Crippen LogP contribution in [0.1, 0.15) is 35.1 Å². The Morgan fingerprint density at radius 1 is 0.475 bits per heavy atom. The molecule has 4 heteroatoms. The van der Waals surface area contributed by atoms with Crippen LogP contribution < -0.4 is 24.8 Å². The van der Waals surface area contributed by atoms with Gasteiger partial charge in [0.25, 0.3) is 0 Å². The standard InChI is InChI=1S/2C17H13.C2H6Si.2ClH.Ti/c2*1-3-7-14(8-4-1)16-11-12-17(13-16)15-9-5-2-6-10-15;1-3-2;;;/h2*1-10,13H,11H2;1-2H3;2*1H;/q2*-1;;;;+2/p-2. The molecule has 6 rings (SSSR count). The average molecular weight is 612 g/mol. The van der Waals surface area contributed by atoms with E-state index in [1.807, 2.05) is 24.3 Å². The van der Waals surface area contributed by atoms with Gasteiger partial charge in [-0.05, 0) is 11.1 Å². The van der Waals surface area contributed by atoms with Crippen LogP contribution in [0.3, 0.4) is 0 Å². The minimum atomic E-state index is 0. The normalized spacial score (nSPS) is 12.9. The second kappa shape index (κ2) is 17.9. The number of rotatable bonds is 4. The molecule has 0 amide bonds. The fraction of sp³-hybridized carbons (Fsp3) is 0.111. The summed E-state index contributed by atoms with van der Waals surface area (Å²) in [7, 11) is 0. The zero-order valence-corrected chi connectivity index (χ0v) is 26.9. The maximum atomic E-state index is 3.45. The first kappa shape index (κ1) is 33.6. The minimum absolute atomic E-state index is 0. The Balaban J connectivity index is 0.000000237. The van der Waals surface area contributed by atoms with Crippen molar-refractivity contribution in [2.24, 2.45) is 0 Å². The first-order valence-electron chi connectivity index (χ1n) is 13.0. The van der Waals surface area contributed by atoms with Crippen molar-refractivity contribution in [2.45, 2.75) is 25.9 Å². The summed E-state index contributed by atoms with van der Waals surface area (Å²) in [5.74, 6) is 0. The van der Waals surface area contributed by atoms with E-state index in [1.54, 1.807) is 0 Å². The molecule has 0 aromatic heterocycles. The van der Waals surface area contributed by atoms with E-state index < -0.39 is 0 Å². The maximum absolute atomic E-state index is 3.45. The first-order valence-corrected chi connectivity index (χ1v) is 17.8. The largest absolute Gasteiger partial charge is 1.00 e. The zero-order valence-electron chi connectivity index (χ0n) is 22.9. The molecule has 0 heterocycles. The molecule has 40 heavy (non-hydrogen) atoms. The Labute approximate surface area is 264 Å². The van der Waals surface area contributed by atoms with Gasteiger partial charge in [-0.3, -0.25) is 0 Å². The third-order valence-corrected chi connectivity index (χ3v) is 6.03. The van der Waals surface area contributed by atoms with E-state index in [4.69, 9.17) is 0 Å². The molecule has 0 saturated heterocycles. The SMILES string of the molecule is C[Si](C)=[Ti+2].[C-]1=C(c2ccccc2)C=C(c2ccccc2)C1.[C-]1=C(c2ccccc2)C=C(c2ccccc2)C1.[Cl-].[Cl-]. The third kappa shape index (κ3) is 10.4. The van der Waals surface area contributed by atoms with E-state index in [-0.39, 0.29) is 31.0 Å². The molecule has 0 bridgehead atoms. The zero-order chi connectivity index (χ0) is 26.6. The molecule has 0 saturated carbocycles. The molecule has 4 aromatic carbocycles. The Hall–Kier alpha value is -2.65. The molecule has 0 radical (unpaired) electrons. The summed E-state index contributed by atoms with van der Waals surface area (Å²) in [6, 6.07) is 41.9. The Morgan fingerprint density at radius 3 is 1.00 bits per heavy atom. The van der Waals surface area contributed by atoms with Gasteiger partial charge in [-0.1, -0.05) is 110 Å². The van der Waals surface area contributed by atoms with Crippen LogP contribution in [0.25, 0.3) is 22.3 Å². The van der Waals surface area contributed by atoms with Crippen molar-refractivity contribution in [2.75, 3.05) is 0 Å². The monoisotopic (exact) mass is 610 g/mol. The van der Waals surface area contributed by atoms with Gasteiger partial charge in [0.1, 0.15) is 0 Å². The van der Waals surface area contributed by atoms with Crippen molar-refractivity contribution in [3.8, 4) is 0 Å². The summed E-state index contributed by atoms with van der Waals surface area (Å²) in [4.78, 5) is 0. The number of halogens is 2. The number of benzene rings is 4. The van der Waals surface area contributed by atoms with E-state index >= 15 is 0 Å². The first-order chi connectivity index (χ1) is 18.6. The van der Waals surface area contributed by atoms with Gasteiger partial charge in [0.05, 0.1) is 0 Å². The number of hydrogen-bond acceptors (Lipinski definition) is 0. The van der Waals surface area contributed by atoms with Crippen molar-refractivity contribution < 1.29 is 44.0 Å². The van der Waals surface area contributed by atoms with Gasteiger partial charge >= 0.3 is 38.5 Å². The van der Waals surface area contributed by atoms with Crippen molar-refractivity contribution >= 4 is 28.5 Å². The molecular weight excluding hydrogens is 579 g/mol. The van der Waals surface area contributed by atoms with Gasteiger partial charge in [-0.25, -0.2) is 0 Å².